The highest BCUT2D eigenvalue weighted by atomic mass is 19.1. The van der Waals surface area contributed by atoms with Gasteiger partial charge < -0.3 is 15.6 Å². The van der Waals surface area contributed by atoms with Crippen LogP contribution in [0.4, 0.5) is 15.8 Å². The second-order valence-corrected chi connectivity index (χ2v) is 9.91. The number of halogens is 1. The number of nitrogens with zero attached hydrogens (tertiary/aromatic N) is 3. The monoisotopic (exact) mass is 518 g/mol. The minimum absolute atomic E-state index is 0.289. The molecule has 0 atom stereocenters. The minimum Gasteiger partial charge on any atom is -0.386 e. The van der Waals surface area contributed by atoms with E-state index in [1.165, 1.54) is 12.1 Å². The zero-order valence-corrected chi connectivity index (χ0v) is 22.3. The first-order chi connectivity index (χ1) is 18.8. The summed E-state index contributed by atoms with van der Waals surface area (Å²) in [5, 5.41) is 6.56. The van der Waals surface area contributed by atoms with Gasteiger partial charge in [0, 0.05) is 35.6 Å². The summed E-state index contributed by atoms with van der Waals surface area (Å²) in [5.74, 6) is 0.810. The molecule has 0 spiro atoms. The standard InChI is InChI=1S/C32H31FN6/c1-19(2)14-20(3)36-25-16-23(17-35-18-25)27-12-13-28(34-5)30(37-27)21(4)32-38-29-11-7-10-26(31(29)39-32)22-8-6-9-24(33)15-22/h6-13,15-19,34,36H,3-4,14H2,1-2,5H3,(H,38,39). The molecule has 0 fully saturated rings. The average molecular weight is 519 g/mol. The number of pyridine rings is 2. The zero-order valence-electron chi connectivity index (χ0n) is 22.3. The molecule has 0 amide bonds. The van der Waals surface area contributed by atoms with Crippen LogP contribution in [0.5, 0.6) is 0 Å². The number of anilines is 2. The highest BCUT2D eigenvalue weighted by molar-refractivity contribution is 5.94. The number of fused-ring (bicyclic) bond motifs is 1. The van der Waals surface area contributed by atoms with Gasteiger partial charge in [-0.15, -0.1) is 0 Å². The largest absolute Gasteiger partial charge is 0.386 e. The number of aromatic nitrogens is 4. The maximum atomic E-state index is 13.9. The molecule has 3 heterocycles. The van der Waals surface area contributed by atoms with E-state index in [4.69, 9.17) is 9.97 Å². The third-order valence-electron chi connectivity index (χ3n) is 6.39. The van der Waals surface area contributed by atoms with E-state index in [0.717, 1.165) is 56.9 Å². The van der Waals surface area contributed by atoms with Gasteiger partial charge >= 0.3 is 0 Å². The summed E-state index contributed by atoms with van der Waals surface area (Å²) in [5.41, 5.74) is 8.73. The topological polar surface area (TPSA) is 78.5 Å². The molecule has 196 valence electrons. The zero-order chi connectivity index (χ0) is 27.5. The van der Waals surface area contributed by atoms with Gasteiger partial charge in [-0.3, -0.25) is 4.98 Å². The molecule has 3 N–H and O–H groups in total. The van der Waals surface area contributed by atoms with Crippen molar-refractivity contribution in [2.24, 2.45) is 5.92 Å². The number of hydrogen-bond acceptors (Lipinski definition) is 5. The summed E-state index contributed by atoms with van der Waals surface area (Å²) < 4.78 is 13.9. The van der Waals surface area contributed by atoms with Gasteiger partial charge in [0.1, 0.15) is 11.6 Å². The van der Waals surface area contributed by atoms with Crippen molar-refractivity contribution in [2.45, 2.75) is 20.3 Å². The molecule has 6 nitrogen and oxygen atoms in total. The van der Waals surface area contributed by atoms with Crippen molar-refractivity contribution in [2.75, 3.05) is 17.7 Å². The van der Waals surface area contributed by atoms with Crippen molar-refractivity contribution in [1.82, 2.24) is 19.9 Å². The number of benzene rings is 2. The lowest BCUT2D eigenvalue weighted by molar-refractivity contribution is 0.628. The lowest BCUT2D eigenvalue weighted by atomic mass is 10.0. The molecule has 0 unspecified atom stereocenters. The van der Waals surface area contributed by atoms with Crippen LogP contribution in [0.3, 0.4) is 0 Å². The Morgan fingerprint density at radius 2 is 1.79 bits per heavy atom. The minimum atomic E-state index is -0.289. The second kappa shape index (κ2) is 10.9. The number of imidazole rings is 1. The van der Waals surface area contributed by atoms with Gasteiger partial charge in [0.25, 0.3) is 0 Å². The molecule has 5 rings (SSSR count). The summed E-state index contributed by atoms with van der Waals surface area (Å²) in [7, 11) is 1.85. The van der Waals surface area contributed by atoms with E-state index in [0.29, 0.717) is 23.0 Å². The van der Waals surface area contributed by atoms with Crippen LogP contribution < -0.4 is 10.6 Å². The first-order valence-electron chi connectivity index (χ1n) is 12.9. The Bertz CT molecular complexity index is 1680. The number of para-hydroxylation sites is 1. The molecule has 2 aromatic carbocycles. The number of aromatic amines is 1. The fourth-order valence-corrected chi connectivity index (χ4v) is 4.62. The molecule has 0 saturated carbocycles. The lowest BCUT2D eigenvalue weighted by Crippen LogP contribution is -2.03. The van der Waals surface area contributed by atoms with Crippen LogP contribution in [0.2, 0.25) is 0 Å². The van der Waals surface area contributed by atoms with Crippen LogP contribution in [0.1, 0.15) is 31.8 Å². The highest BCUT2D eigenvalue weighted by Gasteiger charge is 2.17. The third kappa shape index (κ3) is 5.57. The van der Waals surface area contributed by atoms with Crippen LogP contribution in [0.25, 0.3) is 39.0 Å². The first kappa shape index (κ1) is 25.9. The second-order valence-electron chi connectivity index (χ2n) is 9.91. The van der Waals surface area contributed by atoms with E-state index in [9.17, 15) is 4.39 Å². The molecule has 3 aromatic heterocycles. The molecule has 0 radical (unpaired) electrons. The van der Waals surface area contributed by atoms with E-state index in [-0.39, 0.29) is 5.82 Å². The van der Waals surface area contributed by atoms with E-state index in [1.54, 1.807) is 18.5 Å². The smallest absolute Gasteiger partial charge is 0.140 e. The Labute approximate surface area is 227 Å². The van der Waals surface area contributed by atoms with Crippen molar-refractivity contribution < 1.29 is 4.39 Å². The quantitative estimate of drug-likeness (QED) is 0.185. The van der Waals surface area contributed by atoms with Crippen molar-refractivity contribution in [1.29, 1.82) is 0 Å². The maximum Gasteiger partial charge on any atom is 0.140 e. The normalized spacial score (nSPS) is 11.1. The van der Waals surface area contributed by atoms with Gasteiger partial charge in [-0.2, -0.15) is 0 Å². The van der Waals surface area contributed by atoms with E-state index < -0.39 is 0 Å². The fourth-order valence-electron chi connectivity index (χ4n) is 4.62. The molecule has 7 heteroatoms. The third-order valence-corrected chi connectivity index (χ3v) is 6.39. The van der Waals surface area contributed by atoms with Crippen molar-refractivity contribution >= 4 is 28.0 Å². The highest BCUT2D eigenvalue weighted by Crippen LogP contribution is 2.33. The maximum absolute atomic E-state index is 13.9. The predicted octanol–water partition coefficient (Wildman–Crippen LogP) is 7.90. The predicted molar refractivity (Wildman–Crippen MR) is 159 cm³/mol. The molecule has 0 bridgehead atoms. The molecular formula is C32H31FN6. The van der Waals surface area contributed by atoms with Gasteiger partial charge in [0.2, 0.25) is 0 Å². The Morgan fingerprint density at radius 3 is 2.56 bits per heavy atom. The van der Waals surface area contributed by atoms with Crippen LogP contribution in [0, 0.1) is 11.7 Å². The fraction of sp³-hybridized carbons (Fsp3) is 0.156. The SMILES string of the molecule is C=C(CC(C)C)Nc1cncc(-c2ccc(NC)c(C(=C)c3nc4c(-c5cccc(F)c5)cccc4[nH]3)n2)c1. The Hall–Kier alpha value is -4.78. The van der Waals surface area contributed by atoms with E-state index >= 15 is 0 Å². The summed E-state index contributed by atoms with van der Waals surface area (Å²) in [6.07, 6.45) is 4.44. The van der Waals surface area contributed by atoms with Gasteiger partial charge in [-0.05, 0) is 54.3 Å². The number of H-pyrrole nitrogens is 1. The Morgan fingerprint density at radius 1 is 0.974 bits per heavy atom. The van der Waals surface area contributed by atoms with Gasteiger partial charge in [0.05, 0.1) is 40.0 Å². The summed E-state index contributed by atoms with van der Waals surface area (Å²) in [4.78, 5) is 17.6. The number of allylic oxidation sites excluding steroid dienone is 1. The first-order valence-corrected chi connectivity index (χ1v) is 12.9. The molecule has 0 aliphatic heterocycles. The average Bonchev–Trinajstić information content (AvgIpc) is 3.36. The van der Waals surface area contributed by atoms with Crippen LogP contribution in [-0.4, -0.2) is 27.0 Å². The van der Waals surface area contributed by atoms with Crippen LogP contribution >= 0.6 is 0 Å². The number of rotatable bonds is 9. The van der Waals surface area contributed by atoms with Crippen molar-refractivity contribution in [3.63, 3.8) is 0 Å². The Kier molecular flexibility index (Phi) is 7.23. The molecule has 39 heavy (non-hydrogen) atoms. The molecule has 0 aliphatic rings. The number of nitrogens with one attached hydrogen (secondary N) is 3. The molecule has 0 aliphatic carbocycles. The van der Waals surface area contributed by atoms with Crippen LogP contribution in [0.15, 0.2) is 91.9 Å². The molecule has 5 aromatic rings. The molecular weight excluding hydrogens is 487 g/mol. The Balaban J connectivity index is 1.50. The van der Waals surface area contributed by atoms with Crippen molar-refractivity contribution in [3.8, 4) is 22.4 Å². The van der Waals surface area contributed by atoms with E-state index in [1.807, 2.05) is 49.5 Å². The van der Waals surface area contributed by atoms with Gasteiger partial charge in [-0.25, -0.2) is 14.4 Å². The lowest BCUT2D eigenvalue weighted by Gasteiger charge is -2.14. The summed E-state index contributed by atoms with van der Waals surface area (Å²) in [6, 6.07) is 18.3. The van der Waals surface area contributed by atoms with Gasteiger partial charge in [0.15, 0.2) is 0 Å². The van der Waals surface area contributed by atoms with Crippen molar-refractivity contribution in [3.05, 3.63) is 109 Å². The summed E-state index contributed by atoms with van der Waals surface area (Å²) >= 11 is 0. The molecule has 0 saturated heterocycles. The summed E-state index contributed by atoms with van der Waals surface area (Å²) in [6.45, 7) is 12.8. The number of hydrogen-bond donors (Lipinski definition) is 3. The van der Waals surface area contributed by atoms with Crippen LogP contribution in [-0.2, 0) is 0 Å². The van der Waals surface area contributed by atoms with E-state index in [2.05, 4.69) is 47.6 Å². The van der Waals surface area contributed by atoms with Gasteiger partial charge in [-0.1, -0.05) is 51.3 Å².